The number of nitrogens with zero attached hydrogens (tertiary/aromatic N) is 2. The number of aryl methyl sites for hydroxylation is 2. The highest BCUT2D eigenvalue weighted by Crippen LogP contribution is 2.19. The van der Waals surface area contributed by atoms with Crippen LogP contribution in [0, 0.1) is 6.92 Å². The molecule has 0 aliphatic heterocycles. The Kier molecular flexibility index (Phi) is 3.81. The molecule has 0 fully saturated rings. The number of rotatable bonds is 4. The fraction of sp³-hybridized carbons (Fsp3) is 0.231. The van der Waals surface area contributed by atoms with E-state index in [0.29, 0.717) is 6.42 Å². The van der Waals surface area contributed by atoms with Gasteiger partial charge in [0.15, 0.2) is 0 Å². The van der Waals surface area contributed by atoms with Crippen molar-refractivity contribution in [3.8, 4) is 5.69 Å². The molecule has 0 spiro atoms. The first-order chi connectivity index (χ1) is 8.56. The number of hydrogen-bond donors (Lipinski definition) is 1. The number of aromatic nitrogens is 2. The number of carbonyl (C=O) groups is 1. The van der Waals surface area contributed by atoms with Gasteiger partial charge in [0.05, 0.1) is 17.8 Å². The lowest BCUT2D eigenvalue weighted by atomic mass is 10.2. The van der Waals surface area contributed by atoms with Crippen LogP contribution in [-0.4, -0.2) is 20.9 Å². The van der Waals surface area contributed by atoms with E-state index in [0.717, 1.165) is 21.4 Å². The predicted octanol–water partition coefficient (Wildman–Crippen LogP) is 2.96. The molecule has 2 rings (SSSR count). The smallest absolute Gasteiger partial charge is 0.303 e. The van der Waals surface area contributed by atoms with Gasteiger partial charge in [-0.2, -0.15) is 5.10 Å². The molecule has 5 heteroatoms. The summed E-state index contributed by atoms with van der Waals surface area (Å²) in [7, 11) is 0. The summed E-state index contributed by atoms with van der Waals surface area (Å²) in [5.74, 6) is -0.802. The van der Waals surface area contributed by atoms with Crippen LogP contribution in [0.4, 0.5) is 0 Å². The van der Waals surface area contributed by atoms with Gasteiger partial charge in [0, 0.05) is 17.1 Å². The molecule has 4 nitrogen and oxygen atoms in total. The Labute approximate surface area is 113 Å². The first kappa shape index (κ1) is 12.8. The van der Waals surface area contributed by atoms with Crippen molar-refractivity contribution >= 4 is 21.9 Å². The van der Waals surface area contributed by atoms with Crippen LogP contribution in [0.3, 0.4) is 0 Å². The lowest BCUT2D eigenvalue weighted by Gasteiger charge is -2.04. The zero-order valence-corrected chi connectivity index (χ0v) is 11.5. The van der Waals surface area contributed by atoms with E-state index in [1.54, 1.807) is 4.68 Å². The summed E-state index contributed by atoms with van der Waals surface area (Å²) in [6, 6.07) is 7.81. The standard InChI is InChI=1S/C13H13BrN2O2/c1-9-8-11(3-4-12(9)14)16-7-6-10(15-16)2-5-13(17)18/h3-4,6-8H,2,5H2,1H3,(H,17,18). The Balaban J connectivity index is 2.18. The second-order valence-corrected chi connectivity index (χ2v) is 4.93. The van der Waals surface area contributed by atoms with Gasteiger partial charge < -0.3 is 5.11 Å². The van der Waals surface area contributed by atoms with E-state index in [9.17, 15) is 4.79 Å². The summed E-state index contributed by atoms with van der Waals surface area (Å²) >= 11 is 3.45. The molecule has 0 aliphatic carbocycles. The first-order valence-electron chi connectivity index (χ1n) is 5.59. The van der Waals surface area contributed by atoms with E-state index in [2.05, 4.69) is 21.0 Å². The van der Waals surface area contributed by atoms with Gasteiger partial charge in [-0.3, -0.25) is 4.79 Å². The second-order valence-electron chi connectivity index (χ2n) is 4.08. The SMILES string of the molecule is Cc1cc(-n2ccc(CCC(=O)O)n2)ccc1Br. The van der Waals surface area contributed by atoms with Gasteiger partial charge in [0.25, 0.3) is 0 Å². The molecule has 94 valence electrons. The average molecular weight is 309 g/mol. The first-order valence-corrected chi connectivity index (χ1v) is 6.38. The molecule has 0 atom stereocenters. The summed E-state index contributed by atoms with van der Waals surface area (Å²) in [5.41, 5.74) is 2.89. The molecule has 0 unspecified atom stereocenters. The van der Waals surface area contributed by atoms with E-state index in [4.69, 9.17) is 5.11 Å². The highest BCUT2D eigenvalue weighted by Gasteiger charge is 2.05. The Bertz CT molecular complexity index is 578. The molecule has 0 aliphatic rings. The molecule has 1 aromatic heterocycles. The van der Waals surface area contributed by atoms with Crippen LogP contribution in [0.25, 0.3) is 5.69 Å². The van der Waals surface area contributed by atoms with Crippen molar-refractivity contribution in [2.75, 3.05) is 0 Å². The van der Waals surface area contributed by atoms with Crippen molar-refractivity contribution in [1.29, 1.82) is 0 Å². The van der Waals surface area contributed by atoms with Crippen molar-refractivity contribution in [1.82, 2.24) is 9.78 Å². The highest BCUT2D eigenvalue weighted by molar-refractivity contribution is 9.10. The zero-order valence-electron chi connectivity index (χ0n) is 9.93. The van der Waals surface area contributed by atoms with Crippen LogP contribution in [-0.2, 0) is 11.2 Å². The Morgan fingerprint density at radius 1 is 1.44 bits per heavy atom. The van der Waals surface area contributed by atoms with E-state index >= 15 is 0 Å². The van der Waals surface area contributed by atoms with E-state index in [-0.39, 0.29) is 6.42 Å². The number of carboxylic acid groups (broad SMARTS) is 1. The number of halogens is 1. The summed E-state index contributed by atoms with van der Waals surface area (Å²) < 4.78 is 2.82. The van der Waals surface area contributed by atoms with Crippen molar-refractivity contribution in [3.63, 3.8) is 0 Å². The number of hydrogen-bond acceptors (Lipinski definition) is 2. The third-order valence-corrected chi connectivity index (χ3v) is 3.54. The molecule has 0 amide bonds. The number of benzene rings is 1. The Morgan fingerprint density at radius 3 is 2.89 bits per heavy atom. The summed E-state index contributed by atoms with van der Waals surface area (Å²) in [6.45, 7) is 2.02. The van der Waals surface area contributed by atoms with E-state index < -0.39 is 5.97 Å². The lowest BCUT2D eigenvalue weighted by molar-refractivity contribution is -0.136. The van der Waals surface area contributed by atoms with Gasteiger partial charge >= 0.3 is 5.97 Å². The van der Waals surface area contributed by atoms with Crippen molar-refractivity contribution in [2.45, 2.75) is 19.8 Å². The highest BCUT2D eigenvalue weighted by atomic mass is 79.9. The number of carboxylic acids is 1. The van der Waals surface area contributed by atoms with Crippen LogP contribution < -0.4 is 0 Å². The maximum Gasteiger partial charge on any atom is 0.303 e. The molecule has 0 radical (unpaired) electrons. The molecule has 1 aromatic carbocycles. The fourth-order valence-corrected chi connectivity index (χ4v) is 1.89. The maximum absolute atomic E-state index is 10.5. The third kappa shape index (κ3) is 2.98. The summed E-state index contributed by atoms with van der Waals surface area (Å²) in [6.07, 6.45) is 2.41. The van der Waals surface area contributed by atoms with Gasteiger partial charge in [-0.15, -0.1) is 0 Å². The minimum Gasteiger partial charge on any atom is -0.481 e. The minimum absolute atomic E-state index is 0.108. The topological polar surface area (TPSA) is 55.1 Å². The van der Waals surface area contributed by atoms with Crippen LogP contribution in [0.1, 0.15) is 17.7 Å². The molecular weight excluding hydrogens is 296 g/mol. The molecule has 1 N–H and O–H groups in total. The van der Waals surface area contributed by atoms with Gasteiger partial charge in [-0.05, 0) is 36.8 Å². The van der Waals surface area contributed by atoms with Gasteiger partial charge in [0.2, 0.25) is 0 Å². The fourth-order valence-electron chi connectivity index (χ4n) is 1.65. The second kappa shape index (κ2) is 5.35. The predicted molar refractivity (Wildman–Crippen MR) is 72.0 cm³/mol. The van der Waals surface area contributed by atoms with Crippen LogP contribution in [0.5, 0.6) is 0 Å². The maximum atomic E-state index is 10.5. The quantitative estimate of drug-likeness (QED) is 0.944. The van der Waals surface area contributed by atoms with Gasteiger partial charge in [-0.1, -0.05) is 15.9 Å². The molecule has 18 heavy (non-hydrogen) atoms. The number of aliphatic carboxylic acids is 1. The molecule has 1 heterocycles. The lowest BCUT2D eigenvalue weighted by Crippen LogP contribution is -2.00. The summed E-state index contributed by atoms with van der Waals surface area (Å²) in [4.78, 5) is 10.5. The third-order valence-electron chi connectivity index (χ3n) is 2.65. The monoisotopic (exact) mass is 308 g/mol. The van der Waals surface area contributed by atoms with Crippen LogP contribution in [0.2, 0.25) is 0 Å². The summed E-state index contributed by atoms with van der Waals surface area (Å²) in [5, 5.41) is 13.0. The van der Waals surface area contributed by atoms with Gasteiger partial charge in [-0.25, -0.2) is 4.68 Å². The largest absolute Gasteiger partial charge is 0.481 e. The van der Waals surface area contributed by atoms with Gasteiger partial charge in [0.1, 0.15) is 0 Å². The van der Waals surface area contributed by atoms with Crippen molar-refractivity contribution in [3.05, 3.63) is 46.2 Å². The van der Waals surface area contributed by atoms with Crippen molar-refractivity contribution in [2.24, 2.45) is 0 Å². The molecular formula is C13H13BrN2O2. The molecule has 0 bridgehead atoms. The molecule has 0 saturated heterocycles. The van der Waals surface area contributed by atoms with E-state index in [1.807, 2.05) is 37.4 Å². The average Bonchev–Trinajstić information content (AvgIpc) is 2.79. The Hall–Kier alpha value is -1.62. The normalized spacial score (nSPS) is 10.6. The van der Waals surface area contributed by atoms with E-state index in [1.165, 1.54) is 0 Å². The Morgan fingerprint density at radius 2 is 2.22 bits per heavy atom. The minimum atomic E-state index is -0.802. The molecule has 2 aromatic rings. The van der Waals surface area contributed by atoms with Crippen molar-refractivity contribution < 1.29 is 9.90 Å². The molecule has 0 saturated carbocycles. The zero-order chi connectivity index (χ0) is 13.1. The van der Waals surface area contributed by atoms with Crippen LogP contribution >= 0.6 is 15.9 Å². The van der Waals surface area contributed by atoms with Crippen LogP contribution in [0.15, 0.2) is 34.9 Å².